The molecule has 0 aromatic carbocycles. The molecular weight excluding hydrogens is 276 g/mol. The number of nitrogens with one attached hydrogen (secondary N) is 2. The van der Waals surface area contributed by atoms with Crippen LogP contribution in [0.15, 0.2) is 6.20 Å². The summed E-state index contributed by atoms with van der Waals surface area (Å²) in [6.07, 6.45) is 3.11. The first-order valence-corrected chi connectivity index (χ1v) is 6.77. The van der Waals surface area contributed by atoms with Gasteiger partial charge in [-0.3, -0.25) is 14.9 Å². The van der Waals surface area contributed by atoms with Crippen LogP contribution in [-0.4, -0.2) is 51.9 Å². The quantitative estimate of drug-likeness (QED) is 0.611. The van der Waals surface area contributed by atoms with E-state index in [1.54, 1.807) is 18.9 Å². The summed E-state index contributed by atoms with van der Waals surface area (Å²) in [5.74, 6) is 0.217. The zero-order valence-electron chi connectivity index (χ0n) is 12.0. The van der Waals surface area contributed by atoms with Crippen molar-refractivity contribution in [2.24, 2.45) is 0 Å². The van der Waals surface area contributed by atoms with Gasteiger partial charge in [0.15, 0.2) is 0 Å². The van der Waals surface area contributed by atoms with Crippen molar-refractivity contribution < 1.29 is 9.72 Å². The van der Waals surface area contributed by atoms with E-state index in [0.717, 1.165) is 32.1 Å². The van der Waals surface area contributed by atoms with E-state index in [9.17, 15) is 14.9 Å². The number of nitro groups is 1. The van der Waals surface area contributed by atoms with E-state index in [4.69, 9.17) is 0 Å². The van der Waals surface area contributed by atoms with E-state index in [-0.39, 0.29) is 23.4 Å². The summed E-state index contributed by atoms with van der Waals surface area (Å²) >= 11 is 0. The van der Waals surface area contributed by atoms with Gasteiger partial charge in [-0.25, -0.2) is 4.98 Å². The second-order valence-electron chi connectivity index (χ2n) is 4.83. The van der Waals surface area contributed by atoms with Crippen molar-refractivity contribution in [2.75, 3.05) is 30.8 Å². The van der Waals surface area contributed by atoms with Crippen LogP contribution in [-0.2, 0) is 4.79 Å². The summed E-state index contributed by atoms with van der Waals surface area (Å²) in [5, 5.41) is 16.5. The number of anilines is 2. The maximum atomic E-state index is 12.2. The number of carbonyl (C=O) groups excluding carboxylic acids is 1. The number of hydrogen-bond donors (Lipinski definition) is 2. The van der Waals surface area contributed by atoms with E-state index < -0.39 is 11.0 Å². The number of carbonyl (C=O) groups is 1. The first-order chi connectivity index (χ1) is 10.0. The van der Waals surface area contributed by atoms with Gasteiger partial charge in [0.1, 0.15) is 12.2 Å². The lowest BCUT2D eigenvalue weighted by molar-refractivity contribution is -0.384. The molecule has 21 heavy (non-hydrogen) atoms. The molecular formula is C12H18N6O3. The average molecular weight is 294 g/mol. The largest absolute Gasteiger partial charge is 0.357 e. The van der Waals surface area contributed by atoms with Crippen molar-refractivity contribution in [3.05, 3.63) is 16.3 Å². The highest BCUT2D eigenvalue weighted by atomic mass is 16.6. The molecule has 1 aliphatic heterocycles. The third kappa shape index (κ3) is 3.36. The van der Waals surface area contributed by atoms with E-state index >= 15 is 0 Å². The van der Waals surface area contributed by atoms with Crippen LogP contribution < -0.4 is 10.6 Å². The average Bonchev–Trinajstić information content (AvgIpc) is 3.00. The van der Waals surface area contributed by atoms with Crippen LogP contribution in [0.4, 0.5) is 17.5 Å². The van der Waals surface area contributed by atoms with Gasteiger partial charge in [-0.2, -0.15) is 4.98 Å². The number of aromatic nitrogens is 2. The molecule has 2 rings (SSSR count). The van der Waals surface area contributed by atoms with Gasteiger partial charge in [0.05, 0.1) is 4.92 Å². The highest BCUT2D eigenvalue weighted by Crippen LogP contribution is 2.23. The SMILES string of the molecule is CNc1ncc([N+](=O)[O-])c(NC(C)C(=O)N2CCCC2)n1. The summed E-state index contributed by atoms with van der Waals surface area (Å²) in [6, 6.07) is -0.582. The summed E-state index contributed by atoms with van der Waals surface area (Å²) in [6.45, 7) is 3.14. The molecule has 1 aromatic rings. The summed E-state index contributed by atoms with van der Waals surface area (Å²) in [4.78, 5) is 32.2. The van der Waals surface area contributed by atoms with Gasteiger partial charge < -0.3 is 15.5 Å². The Labute approximate surface area is 121 Å². The third-order valence-electron chi connectivity index (χ3n) is 3.33. The van der Waals surface area contributed by atoms with Crippen LogP contribution in [0.5, 0.6) is 0 Å². The minimum absolute atomic E-state index is 0.0411. The van der Waals surface area contributed by atoms with Crippen molar-refractivity contribution in [2.45, 2.75) is 25.8 Å². The van der Waals surface area contributed by atoms with Gasteiger partial charge in [0.25, 0.3) is 0 Å². The predicted molar refractivity (Wildman–Crippen MR) is 77.1 cm³/mol. The molecule has 0 aliphatic carbocycles. The lowest BCUT2D eigenvalue weighted by Crippen LogP contribution is -2.39. The van der Waals surface area contributed by atoms with Crippen molar-refractivity contribution >= 4 is 23.4 Å². The minimum atomic E-state index is -0.582. The summed E-state index contributed by atoms with van der Waals surface area (Å²) in [5.41, 5.74) is -0.255. The first-order valence-electron chi connectivity index (χ1n) is 6.77. The Morgan fingerprint density at radius 3 is 2.71 bits per heavy atom. The Morgan fingerprint density at radius 1 is 1.48 bits per heavy atom. The maximum Gasteiger partial charge on any atom is 0.329 e. The molecule has 1 amide bonds. The van der Waals surface area contributed by atoms with Gasteiger partial charge in [-0.15, -0.1) is 0 Å². The molecule has 0 radical (unpaired) electrons. The highest BCUT2D eigenvalue weighted by molar-refractivity contribution is 5.84. The van der Waals surface area contributed by atoms with Crippen LogP contribution in [0.1, 0.15) is 19.8 Å². The molecule has 1 aliphatic rings. The van der Waals surface area contributed by atoms with E-state index in [1.165, 1.54) is 0 Å². The number of amides is 1. The third-order valence-corrected chi connectivity index (χ3v) is 3.33. The lowest BCUT2D eigenvalue weighted by atomic mass is 10.3. The van der Waals surface area contributed by atoms with Crippen molar-refractivity contribution in [3.63, 3.8) is 0 Å². The number of rotatable bonds is 5. The molecule has 1 aromatic heterocycles. The molecule has 0 spiro atoms. The Balaban J connectivity index is 2.16. The number of nitrogens with zero attached hydrogens (tertiary/aromatic N) is 4. The number of hydrogen-bond acceptors (Lipinski definition) is 7. The monoisotopic (exact) mass is 294 g/mol. The molecule has 9 nitrogen and oxygen atoms in total. The summed E-state index contributed by atoms with van der Waals surface area (Å²) in [7, 11) is 1.61. The standard InChI is InChI=1S/C12H18N6O3/c1-8(11(19)17-5-3-4-6-17)15-10-9(18(20)21)7-14-12(13-2)16-10/h7-8H,3-6H2,1-2H3,(H2,13,14,15,16). The Morgan fingerprint density at radius 2 is 2.14 bits per heavy atom. The van der Waals surface area contributed by atoms with Crippen molar-refractivity contribution in [1.29, 1.82) is 0 Å². The predicted octanol–water partition coefficient (Wildman–Crippen LogP) is 0.849. The molecule has 0 bridgehead atoms. The van der Waals surface area contributed by atoms with Crippen LogP contribution >= 0.6 is 0 Å². The zero-order valence-corrected chi connectivity index (χ0v) is 12.0. The molecule has 2 heterocycles. The zero-order chi connectivity index (χ0) is 15.4. The van der Waals surface area contributed by atoms with Gasteiger partial charge in [-0.05, 0) is 19.8 Å². The molecule has 9 heteroatoms. The van der Waals surface area contributed by atoms with Crippen molar-refractivity contribution in [3.8, 4) is 0 Å². The van der Waals surface area contributed by atoms with E-state index in [0.29, 0.717) is 0 Å². The second kappa shape index (κ2) is 6.33. The van der Waals surface area contributed by atoms with Gasteiger partial charge >= 0.3 is 5.69 Å². The number of likely N-dealkylation sites (tertiary alicyclic amines) is 1. The highest BCUT2D eigenvalue weighted by Gasteiger charge is 2.26. The maximum absolute atomic E-state index is 12.2. The molecule has 114 valence electrons. The smallest absolute Gasteiger partial charge is 0.329 e. The minimum Gasteiger partial charge on any atom is -0.357 e. The Bertz CT molecular complexity index is 544. The van der Waals surface area contributed by atoms with Gasteiger partial charge in [-0.1, -0.05) is 0 Å². The summed E-state index contributed by atoms with van der Waals surface area (Å²) < 4.78 is 0. The fraction of sp³-hybridized carbons (Fsp3) is 0.583. The molecule has 1 fully saturated rings. The normalized spacial score (nSPS) is 15.6. The van der Waals surface area contributed by atoms with Crippen LogP contribution in [0, 0.1) is 10.1 Å². The van der Waals surface area contributed by atoms with Crippen LogP contribution in [0.2, 0.25) is 0 Å². The Kier molecular flexibility index (Phi) is 4.51. The first kappa shape index (κ1) is 14.9. The Hall–Kier alpha value is -2.45. The van der Waals surface area contributed by atoms with Gasteiger partial charge in [0, 0.05) is 20.1 Å². The van der Waals surface area contributed by atoms with Crippen LogP contribution in [0.25, 0.3) is 0 Å². The molecule has 1 atom stereocenters. The fourth-order valence-electron chi connectivity index (χ4n) is 2.21. The van der Waals surface area contributed by atoms with Crippen LogP contribution in [0.3, 0.4) is 0 Å². The van der Waals surface area contributed by atoms with Crippen molar-refractivity contribution in [1.82, 2.24) is 14.9 Å². The molecule has 1 saturated heterocycles. The molecule has 2 N–H and O–H groups in total. The van der Waals surface area contributed by atoms with E-state index in [1.807, 2.05) is 0 Å². The fourth-order valence-corrected chi connectivity index (χ4v) is 2.21. The molecule has 1 unspecified atom stereocenters. The lowest BCUT2D eigenvalue weighted by Gasteiger charge is -2.21. The molecule has 0 saturated carbocycles. The van der Waals surface area contributed by atoms with Gasteiger partial charge in [0.2, 0.25) is 17.7 Å². The second-order valence-corrected chi connectivity index (χ2v) is 4.83. The van der Waals surface area contributed by atoms with E-state index in [2.05, 4.69) is 20.6 Å². The topological polar surface area (TPSA) is 113 Å².